The Bertz CT molecular complexity index is 468. The standard InChI is InChI=1S/C12H17N3O4/c1-12(2,3)19-9(16)6-14-11(17)10-8(18-4)5-13-7-15-10/h5,7H,6H2,1-4H3,(H,14,17). The molecule has 1 heterocycles. The summed E-state index contributed by atoms with van der Waals surface area (Å²) in [5.74, 6) is -0.803. The van der Waals surface area contributed by atoms with Crippen LogP contribution in [0.15, 0.2) is 12.5 Å². The second-order valence-corrected chi connectivity index (χ2v) is 4.71. The maximum absolute atomic E-state index is 11.8. The van der Waals surface area contributed by atoms with Crippen LogP contribution in [0.2, 0.25) is 0 Å². The third-order valence-electron chi connectivity index (χ3n) is 1.93. The molecule has 0 radical (unpaired) electrons. The lowest BCUT2D eigenvalue weighted by molar-refractivity contribution is -0.153. The monoisotopic (exact) mass is 267 g/mol. The highest BCUT2D eigenvalue weighted by molar-refractivity contribution is 5.96. The van der Waals surface area contributed by atoms with Gasteiger partial charge in [-0.2, -0.15) is 0 Å². The molecule has 0 aliphatic carbocycles. The van der Waals surface area contributed by atoms with E-state index in [0.717, 1.165) is 0 Å². The van der Waals surface area contributed by atoms with Gasteiger partial charge in [0.2, 0.25) is 0 Å². The summed E-state index contributed by atoms with van der Waals surface area (Å²) in [5.41, 5.74) is -0.518. The smallest absolute Gasteiger partial charge is 0.325 e. The number of nitrogens with one attached hydrogen (secondary N) is 1. The van der Waals surface area contributed by atoms with E-state index in [1.54, 1.807) is 20.8 Å². The molecule has 0 saturated heterocycles. The quantitative estimate of drug-likeness (QED) is 0.801. The van der Waals surface area contributed by atoms with Crippen LogP contribution in [0.4, 0.5) is 0 Å². The number of hydrogen-bond acceptors (Lipinski definition) is 6. The van der Waals surface area contributed by atoms with E-state index in [1.807, 2.05) is 0 Å². The number of hydrogen-bond donors (Lipinski definition) is 1. The van der Waals surface area contributed by atoms with Crippen LogP contribution < -0.4 is 10.1 Å². The molecule has 1 amide bonds. The van der Waals surface area contributed by atoms with E-state index < -0.39 is 17.5 Å². The Morgan fingerprint density at radius 3 is 2.63 bits per heavy atom. The van der Waals surface area contributed by atoms with Gasteiger partial charge in [-0.3, -0.25) is 9.59 Å². The van der Waals surface area contributed by atoms with Crippen LogP contribution in [0.25, 0.3) is 0 Å². The van der Waals surface area contributed by atoms with Gasteiger partial charge in [0.25, 0.3) is 5.91 Å². The van der Waals surface area contributed by atoms with Gasteiger partial charge in [0.1, 0.15) is 18.5 Å². The molecule has 0 atom stereocenters. The van der Waals surface area contributed by atoms with Crippen molar-refractivity contribution in [1.29, 1.82) is 0 Å². The van der Waals surface area contributed by atoms with Crippen molar-refractivity contribution in [1.82, 2.24) is 15.3 Å². The van der Waals surface area contributed by atoms with Crippen molar-refractivity contribution < 1.29 is 19.1 Å². The van der Waals surface area contributed by atoms with Crippen LogP contribution in [0.3, 0.4) is 0 Å². The van der Waals surface area contributed by atoms with Crippen molar-refractivity contribution in [2.75, 3.05) is 13.7 Å². The summed E-state index contributed by atoms with van der Waals surface area (Å²) in [6, 6.07) is 0. The summed E-state index contributed by atoms with van der Waals surface area (Å²) >= 11 is 0. The minimum absolute atomic E-state index is 0.0704. The molecule has 0 bridgehead atoms. The lowest BCUT2D eigenvalue weighted by atomic mass is 10.2. The molecule has 104 valence electrons. The van der Waals surface area contributed by atoms with Crippen molar-refractivity contribution in [2.45, 2.75) is 26.4 Å². The Hall–Kier alpha value is -2.18. The zero-order valence-electron chi connectivity index (χ0n) is 11.4. The number of methoxy groups -OCH3 is 1. The number of carbonyl (C=O) groups excluding carboxylic acids is 2. The number of amides is 1. The van der Waals surface area contributed by atoms with Crippen molar-refractivity contribution >= 4 is 11.9 Å². The fourth-order valence-electron chi connectivity index (χ4n) is 1.25. The molecule has 1 N–H and O–H groups in total. The number of aromatic nitrogens is 2. The van der Waals surface area contributed by atoms with E-state index in [1.165, 1.54) is 19.6 Å². The fourth-order valence-corrected chi connectivity index (χ4v) is 1.25. The largest absolute Gasteiger partial charge is 0.493 e. The topological polar surface area (TPSA) is 90.4 Å². The molecular weight excluding hydrogens is 250 g/mol. The first-order chi connectivity index (χ1) is 8.83. The van der Waals surface area contributed by atoms with Gasteiger partial charge in [-0.1, -0.05) is 0 Å². The second kappa shape index (κ2) is 6.12. The fraction of sp³-hybridized carbons (Fsp3) is 0.500. The zero-order chi connectivity index (χ0) is 14.5. The number of nitrogens with zero attached hydrogens (tertiary/aromatic N) is 2. The Balaban J connectivity index is 2.59. The van der Waals surface area contributed by atoms with Gasteiger partial charge in [0, 0.05) is 0 Å². The first kappa shape index (κ1) is 14.9. The van der Waals surface area contributed by atoms with Crippen LogP contribution in [0.5, 0.6) is 5.75 Å². The zero-order valence-corrected chi connectivity index (χ0v) is 11.4. The van der Waals surface area contributed by atoms with E-state index in [4.69, 9.17) is 9.47 Å². The summed E-state index contributed by atoms with van der Waals surface area (Å²) < 4.78 is 10.0. The van der Waals surface area contributed by atoms with Crippen LogP contribution >= 0.6 is 0 Å². The van der Waals surface area contributed by atoms with E-state index in [0.29, 0.717) is 0 Å². The highest BCUT2D eigenvalue weighted by Gasteiger charge is 2.19. The van der Waals surface area contributed by atoms with Gasteiger partial charge >= 0.3 is 5.97 Å². The lowest BCUT2D eigenvalue weighted by Gasteiger charge is -2.19. The first-order valence-corrected chi connectivity index (χ1v) is 5.67. The molecule has 0 unspecified atom stereocenters. The molecule has 0 aromatic carbocycles. The summed E-state index contributed by atoms with van der Waals surface area (Å²) in [5, 5.41) is 2.41. The van der Waals surface area contributed by atoms with Crippen LogP contribution in [-0.4, -0.2) is 41.1 Å². The predicted molar refractivity (Wildman–Crippen MR) is 66.8 cm³/mol. The normalized spacial score (nSPS) is 10.7. The first-order valence-electron chi connectivity index (χ1n) is 5.67. The van der Waals surface area contributed by atoms with E-state index in [-0.39, 0.29) is 18.0 Å². The number of ether oxygens (including phenoxy) is 2. The summed E-state index contributed by atoms with van der Waals surface area (Å²) in [7, 11) is 1.41. The van der Waals surface area contributed by atoms with Crippen molar-refractivity contribution in [3.63, 3.8) is 0 Å². The molecular formula is C12H17N3O4. The third kappa shape index (κ3) is 4.90. The van der Waals surface area contributed by atoms with Gasteiger partial charge in [-0.05, 0) is 20.8 Å². The van der Waals surface area contributed by atoms with Gasteiger partial charge in [0.15, 0.2) is 11.4 Å². The lowest BCUT2D eigenvalue weighted by Crippen LogP contribution is -2.35. The maximum atomic E-state index is 11.8. The molecule has 0 aliphatic heterocycles. The maximum Gasteiger partial charge on any atom is 0.325 e. The van der Waals surface area contributed by atoms with Gasteiger partial charge in [-0.15, -0.1) is 0 Å². The van der Waals surface area contributed by atoms with Crippen LogP contribution in [0, 0.1) is 0 Å². The number of rotatable bonds is 4. The Morgan fingerprint density at radius 1 is 1.37 bits per heavy atom. The van der Waals surface area contributed by atoms with Crippen molar-refractivity contribution in [3.8, 4) is 5.75 Å². The average Bonchev–Trinajstić information content (AvgIpc) is 2.33. The van der Waals surface area contributed by atoms with Crippen LogP contribution in [0.1, 0.15) is 31.3 Å². The average molecular weight is 267 g/mol. The summed E-state index contributed by atoms with van der Waals surface area (Å²) in [6.45, 7) is 5.02. The number of carbonyl (C=O) groups is 2. The Labute approximate surface area is 111 Å². The molecule has 7 heteroatoms. The van der Waals surface area contributed by atoms with E-state index in [9.17, 15) is 9.59 Å². The SMILES string of the molecule is COc1cncnc1C(=O)NCC(=O)OC(C)(C)C. The molecule has 7 nitrogen and oxygen atoms in total. The molecule has 0 spiro atoms. The van der Waals surface area contributed by atoms with Crippen LogP contribution in [-0.2, 0) is 9.53 Å². The molecule has 1 rings (SSSR count). The minimum atomic E-state index is -0.589. The Kier molecular flexibility index (Phi) is 4.80. The van der Waals surface area contributed by atoms with Gasteiger partial charge in [0.05, 0.1) is 13.3 Å². The van der Waals surface area contributed by atoms with Gasteiger partial charge in [-0.25, -0.2) is 9.97 Å². The highest BCUT2D eigenvalue weighted by atomic mass is 16.6. The molecule has 1 aromatic rings. The number of esters is 1. The summed E-state index contributed by atoms with van der Waals surface area (Å²) in [4.78, 5) is 30.8. The predicted octanol–water partition coefficient (Wildman–Crippen LogP) is 0.557. The Morgan fingerprint density at radius 2 is 2.05 bits per heavy atom. The van der Waals surface area contributed by atoms with Crippen molar-refractivity contribution in [2.24, 2.45) is 0 Å². The molecule has 1 aromatic heterocycles. The molecule has 0 aliphatic rings. The third-order valence-corrected chi connectivity index (χ3v) is 1.93. The van der Waals surface area contributed by atoms with Gasteiger partial charge < -0.3 is 14.8 Å². The van der Waals surface area contributed by atoms with E-state index in [2.05, 4.69) is 15.3 Å². The molecule has 0 saturated carbocycles. The second-order valence-electron chi connectivity index (χ2n) is 4.71. The highest BCUT2D eigenvalue weighted by Crippen LogP contribution is 2.12. The molecule has 19 heavy (non-hydrogen) atoms. The summed E-state index contributed by atoms with van der Waals surface area (Å²) in [6.07, 6.45) is 2.60. The minimum Gasteiger partial charge on any atom is -0.493 e. The molecule has 0 fully saturated rings. The van der Waals surface area contributed by atoms with E-state index >= 15 is 0 Å². The van der Waals surface area contributed by atoms with Crippen molar-refractivity contribution in [3.05, 3.63) is 18.2 Å².